The number of carbonyl (C=O) groups excluding carboxylic acids is 2. The van der Waals surface area contributed by atoms with Crippen molar-refractivity contribution < 1.29 is 23.5 Å². The molecule has 1 aliphatic carbocycles. The van der Waals surface area contributed by atoms with E-state index in [1.54, 1.807) is 18.3 Å². The lowest BCUT2D eigenvalue weighted by atomic mass is 9.75. The van der Waals surface area contributed by atoms with E-state index in [1.165, 1.54) is 12.1 Å². The second-order valence-electron chi connectivity index (χ2n) is 7.34. The number of carbonyl (C=O) groups is 2. The van der Waals surface area contributed by atoms with E-state index in [-0.39, 0.29) is 17.6 Å². The Hall–Kier alpha value is -2.76. The number of aromatic nitrogens is 1. The summed E-state index contributed by atoms with van der Waals surface area (Å²) in [5.41, 5.74) is 0.973. The minimum absolute atomic E-state index is 0.00479. The second-order valence-corrected chi connectivity index (χ2v) is 7.34. The van der Waals surface area contributed by atoms with E-state index in [0.29, 0.717) is 24.3 Å². The maximum atomic E-state index is 13.8. The SMILES string of the molecule is CCOC(=O)[C@]1(C)CC[C@@H](Oc2ccc(-c3ccc(C=O)c(F)c3)cn2)CC1. The molecule has 5 nitrogen and oxygen atoms in total. The fourth-order valence-corrected chi connectivity index (χ4v) is 3.45. The van der Waals surface area contributed by atoms with Gasteiger partial charge in [0.05, 0.1) is 17.6 Å². The lowest BCUT2D eigenvalue weighted by Gasteiger charge is -2.35. The number of rotatable bonds is 6. The normalized spacial score (nSPS) is 21.8. The number of benzene rings is 1. The fraction of sp³-hybridized carbons (Fsp3) is 0.409. The summed E-state index contributed by atoms with van der Waals surface area (Å²) in [6.45, 7) is 4.16. The molecule has 0 radical (unpaired) electrons. The van der Waals surface area contributed by atoms with E-state index in [4.69, 9.17) is 9.47 Å². The minimum atomic E-state index is -0.556. The van der Waals surface area contributed by atoms with Gasteiger partial charge in [-0.1, -0.05) is 6.07 Å². The fourth-order valence-electron chi connectivity index (χ4n) is 3.45. The number of hydrogen-bond acceptors (Lipinski definition) is 5. The van der Waals surface area contributed by atoms with Gasteiger partial charge in [0.15, 0.2) is 6.29 Å². The number of ether oxygens (including phenoxy) is 2. The predicted octanol–water partition coefficient (Wildman–Crippen LogP) is 4.59. The predicted molar refractivity (Wildman–Crippen MR) is 103 cm³/mol. The lowest BCUT2D eigenvalue weighted by Crippen LogP contribution is -2.37. The zero-order valence-electron chi connectivity index (χ0n) is 16.1. The molecule has 1 aliphatic rings. The Balaban J connectivity index is 1.60. The third-order valence-electron chi connectivity index (χ3n) is 5.29. The van der Waals surface area contributed by atoms with Gasteiger partial charge in [0.25, 0.3) is 0 Å². The molecule has 2 aromatic rings. The van der Waals surface area contributed by atoms with E-state index in [2.05, 4.69) is 4.98 Å². The number of halogens is 1. The highest BCUT2D eigenvalue weighted by Gasteiger charge is 2.39. The van der Waals surface area contributed by atoms with Crippen LogP contribution in [-0.4, -0.2) is 30.0 Å². The molecule has 0 unspecified atom stereocenters. The van der Waals surface area contributed by atoms with Crippen molar-refractivity contribution in [1.29, 1.82) is 0 Å². The van der Waals surface area contributed by atoms with Gasteiger partial charge in [0, 0.05) is 17.8 Å². The Morgan fingerprint density at radius 3 is 2.54 bits per heavy atom. The summed E-state index contributed by atoms with van der Waals surface area (Å²) < 4.78 is 24.9. The Morgan fingerprint density at radius 1 is 1.25 bits per heavy atom. The lowest BCUT2D eigenvalue weighted by molar-refractivity contribution is -0.157. The van der Waals surface area contributed by atoms with Gasteiger partial charge in [-0.15, -0.1) is 0 Å². The first kappa shape index (κ1) is 20.0. The van der Waals surface area contributed by atoms with E-state index in [9.17, 15) is 14.0 Å². The molecule has 0 bridgehead atoms. The van der Waals surface area contributed by atoms with Crippen LogP contribution in [0.2, 0.25) is 0 Å². The quantitative estimate of drug-likeness (QED) is 0.537. The largest absolute Gasteiger partial charge is 0.474 e. The van der Waals surface area contributed by atoms with Crippen molar-refractivity contribution in [2.45, 2.75) is 45.6 Å². The van der Waals surface area contributed by atoms with Crippen molar-refractivity contribution in [3.63, 3.8) is 0 Å². The van der Waals surface area contributed by atoms with Crippen molar-refractivity contribution in [3.05, 3.63) is 47.9 Å². The van der Waals surface area contributed by atoms with Gasteiger partial charge in [-0.25, -0.2) is 9.37 Å². The maximum Gasteiger partial charge on any atom is 0.311 e. The van der Waals surface area contributed by atoms with Crippen LogP contribution < -0.4 is 4.74 Å². The summed E-state index contributed by atoms with van der Waals surface area (Å²) in [5.74, 6) is -0.193. The average Bonchev–Trinajstić information content (AvgIpc) is 2.70. The van der Waals surface area contributed by atoms with Gasteiger partial charge in [0.1, 0.15) is 11.9 Å². The van der Waals surface area contributed by atoms with Crippen LogP contribution in [-0.2, 0) is 9.53 Å². The molecule has 0 atom stereocenters. The van der Waals surface area contributed by atoms with E-state index in [0.717, 1.165) is 31.2 Å². The second kappa shape index (κ2) is 8.50. The summed E-state index contributed by atoms with van der Waals surface area (Å²) in [6.07, 6.45) is 5.08. The average molecular weight is 385 g/mol. The molecule has 28 heavy (non-hydrogen) atoms. The van der Waals surface area contributed by atoms with Crippen LogP contribution in [0.4, 0.5) is 4.39 Å². The molecule has 6 heteroatoms. The third-order valence-corrected chi connectivity index (χ3v) is 5.29. The molecule has 0 N–H and O–H groups in total. The first-order valence-corrected chi connectivity index (χ1v) is 9.50. The van der Waals surface area contributed by atoms with Crippen molar-refractivity contribution in [2.75, 3.05) is 6.61 Å². The highest BCUT2D eigenvalue weighted by Crippen LogP contribution is 2.38. The van der Waals surface area contributed by atoms with Gasteiger partial charge < -0.3 is 9.47 Å². The first-order valence-electron chi connectivity index (χ1n) is 9.50. The van der Waals surface area contributed by atoms with Crippen LogP contribution in [0.1, 0.15) is 49.9 Å². The molecule has 0 aliphatic heterocycles. The number of aldehydes is 1. The van der Waals surface area contributed by atoms with E-state index < -0.39 is 11.2 Å². The van der Waals surface area contributed by atoms with Crippen molar-refractivity contribution >= 4 is 12.3 Å². The van der Waals surface area contributed by atoms with Crippen LogP contribution in [0.5, 0.6) is 5.88 Å². The number of pyridine rings is 1. The van der Waals surface area contributed by atoms with Crippen molar-refractivity contribution in [2.24, 2.45) is 5.41 Å². The summed E-state index contributed by atoms with van der Waals surface area (Å²) >= 11 is 0. The van der Waals surface area contributed by atoms with E-state index >= 15 is 0 Å². The summed E-state index contributed by atoms with van der Waals surface area (Å²) in [6, 6.07) is 8.01. The van der Waals surface area contributed by atoms with Crippen LogP contribution in [0, 0.1) is 11.2 Å². The van der Waals surface area contributed by atoms with Gasteiger partial charge in [-0.05, 0) is 63.3 Å². The molecular formula is C22H24FNO4. The number of nitrogens with zero attached hydrogens (tertiary/aromatic N) is 1. The topological polar surface area (TPSA) is 65.5 Å². The molecule has 1 saturated carbocycles. The Kier molecular flexibility index (Phi) is 6.07. The molecule has 1 aromatic heterocycles. The molecule has 3 rings (SSSR count). The zero-order valence-corrected chi connectivity index (χ0v) is 16.1. The standard InChI is InChI=1S/C22H24FNO4/c1-3-27-21(26)22(2)10-8-18(9-11-22)28-20-7-6-16(13-24-20)15-4-5-17(14-25)19(23)12-15/h4-7,12-14,18H,3,8-11H2,1-2H3/t18-,22-. The monoisotopic (exact) mass is 385 g/mol. The zero-order chi connectivity index (χ0) is 20.1. The minimum Gasteiger partial charge on any atom is -0.474 e. The molecule has 0 amide bonds. The summed E-state index contributed by atoms with van der Waals surface area (Å²) in [4.78, 5) is 27.1. The number of hydrogen-bond donors (Lipinski definition) is 0. The third kappa shape index (κ3) is 4.38. The maximum absolute atomic E-state index is 13.8. The van der Waals surface area contributed by atoms with Crippen LogP contribution in [0.15, 0.2) is 36.5 Å². The molecule has 1 fully saturated rings. The van der Waals surface area contributed by atoms with Crippen LogP contribution in [0.3, 0.4) is 0 Å². The smallest absolute Gasteiger partial charge is 0.311 e. The van der Waals surface area contributed by atoms with Crippen molar-refractivity contribution in [3.8, 4) is 17.0 Å². The Bertz CT molecular complexity index is 842. The Morgan fingerprint density at radius 2 is 1.96 bits per heavy atom. The molecule has 1 heterocycles. The van der Waals surface area contributed by atoms with Crippen LogP contribution in [0.25, 0.3) is 11.1 Å². The van der Waals surface area contributed by atoms with Crippen molar-refractivity contribution in [1.82, 2.24) is 4.98 Å². The summed E-state index contributed by atoms with van der Waals surface area (Å²) in [7, 11) is 0. The molecule has 1 aromatic carbocycles. The van der Waals surface area contributed by atoms with E-state index in [1.807, 2.05) is 19.9 Å². The molecular weight excluding hydrogens is 361 g/mol. The van der Waals surface area contributed by atoms with Gasteiger partial charge in [0.2, 0.25) is 5.88 Å². The van der Waals surface area contributed by atoms with Gasteiger partial charge in [-0.3, -0.25) is 9.59 Å². The van der Waals surface area contributed by atoms with Crippen LogP contribution >= 0.6 is 0 Å². The first-order chi connectivity index (χ1) is 13.4. The number of esters is 1. The molecule has 0 saturated heterocycles. The Labute approximate surface area is 163 Å². The molecule has 148 valence electrons. The molecule has 0 spiro atoms. The summed E-state index contributed by atoms with van der Waals surface area (Å²) in [5, 5.41) is 0. The van der Waals surface area contributed by atoms with Gasteiger partial charge in [-0.2, -0.15) is 0 Å². The highest BCUT2D eigenvalue weighted by atomic mass is 19.1. The highest BCUT2D eigenvalue weighted by molar-refractivity contribution is 5.77. The van der Waals surface area contributed by atoms with Gasteiger partial charge >= 0.3 is 5.97 Å².